The molecule has 1 fully saturated rings. The van der Waals surface area contributed by atoms with Crippen molar-refractivity contribution >= 4 is 0 Å². The molecule has 1 aromatic rings. The smallest absolute Gasteiger partial charge is 0.165 e. The fraction of sp³-hybridized carbons (Fsp3) is 0.538. The molecule has 0 spiro atoms. The van der Waals surface area contributed by atoms with Crippen LogP contribution in [0, 0.1) is 11.7 Å². The van der Waals surface area contributed by atoms with Crippen molar-refractivity contribution in [2.75, 3.05) is 13.7 Å². The SMILES string of the molecule is COc1ccc(C2CCCC2CN)cc1F. The molecule has 3 heteroatoms. The molecule has 0 radical (unpaired) electrons. The van der Waals surface area contributed by atoms with Gasteiger partial charge in [0.1, 0.15) is 0 Å². The van der Waals surface area contributed by atoms with E-state index in [0.29, 0.717) is 24.1 Å². The van der Waals surface area contributed by atoms with E-state index in [2.05, 4.69) is 0 Å². The van der Waals surface area contributed by atoms with E-state index in [1.54, 1.807) is 12.1 Å². The average molecular weight is 223 g/mol. The van der Waals surface area contributed by atoms with Gasteiger partial charge in [-0.3, -0.25) is 0 Å². The van der Waals surface area contributed by atoms with Crippen LogP contribution < -0.4 is 10.5 Å². The molecule has 16 heavy (non-hydrogen) atoms. The molecule has 1 aliphatic carbocycles. The number of ether oxygens (including phenoxy) is 1. The number of halogens is 1. The molecule has 0 bridgehead atoms. The molecular weight excluding hydrogens is 205 g/mol. The van der Waals surface area contributed by atoms with Crippen LogP contribution in [-0.2, 0) is 0 Å². The normalized spacial score (nSPS) is 24.7. The molecule has 0 heterocycles. The lowest BCUT2D eigenvalue weighted by Crippen LogP contribution is -2.17. The van der Waals surface area contributed by atoms with E-state index < -0.39 is 0 Å². The van der Waals surface area contributed by atoms with Crippen LogP contribution in [0.3, 0.4) is 0 Å². The number of hydrogen-bond donors (Lipinski definition) is 1. The van der Waals surface area contributed by atoms with Gasteiger partial charge in [-0.2, -0.15) is 0 Å². The summed E-state index contributed by atoms with van der Waals surface area (Å²) >= 11 is 0. The first-order chi connectivity index (χ1) is 7.76. The van der Waals surface area contributed by atoms with Crippen molar-refractivity contribution in [3.8, 4) is 5.75 Å². The lowest BCUT2D eigenvalue weighted by Gasteiger charge is -2.18. The molecule has 1 saturated carbocycles. The van der Waals surface area contributed by atoms with E-state index >= 15 is 0 Å². The van der Waals surface area contributed by atoms with Gasteiger partial charge in [0.25, 0.3) is 0 Å². The summed E-state index contributed by atoms with van der Waals surface area (Å²) in [4.78, 5) is 0. The third-order valence-corrected chi connectivity index (χ3v) is 3.57. The van der Waals surface area contributed by atoms with Crippen molar-refractivity contribution in [2.45, 2.75) is 25.2 Å². The van der Waals surface area contributed by atoms with Gasteiger partial charge in [-0.25, -0.2) is 4.39 Å². The van der Waals surface area contributed by atoms with Crippen molar-refractivity contribution in [3.63, 3.8) is 0 Å². The Labute approximate surface area is 95.6 Å². The number of methoxy groups -OCH3 is 1. The Balaban J connectivity index is 2.23. The summed E-state index contributed by atoms with van der Waals surface area (Å²) in [5.74, 6) is 0.965. The van der Waals surface area contributed by atoms with Gasteiger partial charge in [0, 0.05) is 0 Å². The van der Waals surface area contributed by atoms with Gasteiger partial charge < -0.3 is 10.5 Å². The topological polar surface area (TPSA) is 35.2 Å². The van der Waals surface area contributed by atoms with Gasteiger partial charge in [-0.05, 0) is 48.9 Å². The first kappa shape index (κ1) is 11.4. The highest BCUT2D eigenvalue weighted by atomic mass is 19.1. The fourth-order valence-electron chi connectivity index (χ4n) is 2.67. The minimum absolute atomic E-state index is 0.275. The monoisotopic (exact) mass is 223 g/mol. The summed E-state index contributed by atoms with van der Waals surface area (Å²) < 4.78 is 18.5. The zero-order valence-corrected chi connectivity index (χ0v) is 9.58. The van der Waals surface area contributed by atoms with Crippen LogP contribution in [-0.4, -0.2) is 13.7 Å². The Morgan fingerprint density at radius 1 is 1.44 bits per heavy atom. The number of nitrogens with two attached hydrogens (primary N) is 1. The molecule has 1 aromatic carbocycles. The lowest BCUT2D eigenvalue weighted by molar-refractivity contribution is 0.385. The van der Waals surface area contributed by atoms with Crippen molar-refractivity contribution in [2.24, 2.45) is 11.7 Å². The molecule has 1 aliphatic rings. The number of benzene rings is 1. The molecule has 0 aliphatic heterocycles. The van der Waals surface area contributed by atoms with Gasteiger partial charge in [-0.15, -0.1) is 0 Å². The van der Waals surface area contributed by atoms with Crippen molar-refractivity contribution in [3.05, 3.63) is 29.6 Å². The van der Waals surface area contributed by atoms with Gasteiger partial charge in [0.2, 0.25) is 0 Å². The summed E-state index contributed by atoms with van der Waals surface area (Å²) in [7, 11) is 1.48. The van der Waals surface area contributed by atoms with Crippen LogP contribution in [0.4, 0.5) is 4.39 Å². The third-order valence-electron chi connectivity index (χ3n) is 3.57. The second-order valence-electron chi connectivity index (χ2n) is 4.43. The predicted molar refractivity (Wildman–Crippen MR) is 62.1 cm³/mol. The standard InChI is InChI=1S/C13H18FNO/c1-16-13-6-5-9(7-12(13)14)11-4-2-3-10(11)8-15/h5-7,10-11H,2-4,8,15H2,1H3. The first-order valence-electron chi connectivity index (χ1n) is 5.79. The van der Waals surface area contributed by atoms with Crippen molar-refractivity contribution < 1.29 is 9.13 Å². The second kappa shape index (κ2) is 4.83. The Morgan fingerprint density at radius 3 is 2.88 bits per heavy atom. The molecule has 2 atom stereocenters. The Kier molecular flexibility index (Phi) is 3.44. The van der Waals surface area contributed by atoms with Gasteiger partial charge in [0.05, 0.1) is 7.11 Å². The maximum absolute atomic E-state index is 13.6. The minimum atomic E-state index is -0.275. The summed E-state index contributed by atoms with van der Waals surface area (Å²) in [5, 5.41) is 0. The lowest BCUT2D eigenvalue weighted by atomic mass is 9.89. The molecule has 0 aromatic heterocycles. The molecule has 2 N–H and O–H groups in total. The van der Waals surface area contributed by atoms with Crippen LogP contribution in [0.5, 0.6) is 5.75 Å². The highest BCUT2D eigenvalue weighted by Crippen LogP contribution is 2.39. The zero-order valence-electron chi connectivity index (χ0n) is 9.58. The summed E-state index contributed by atoms with van der Waals surface area (Å²) in [6.07, 6.45) is 3.47. The molecule has 88 valence electrons. The van der Waals surface area contributed by atoms with Crippen LogP contribution in [0.1, 0.15) is 30.7 Å². The first-order valence-corrected chi connectivity index (χ1v) is 5.79. The van der Waals surface area contributed by atoms with Gasteiger partial charge in [-0.1, -0.05) is 12.5 Å². The predicted octanol–water partition coefficient (Wildman–Crippen LogP) is 2.68. The quantitative estimate of drug-likeness (QED) is 0.855. The molecule has 0 amide bonds. The fourth-order valence-corrected chi connectivity index (χ4v) is 2.67. The number of hydrogen-bond acceptors (Lipinski definition) is 2. The van der Waals surface area contributed by atoms with Crippen LogP contribution in [0.15, 0.2) is 18.2 Å². The van der Waals surface area contributed by atoms with E-state index in [1.807, 2.05) is 6.07 Å². The molecular formula is C13H18FNO. The number of rotatable bonds is 3. The summed E-state index contributed by atoms with van der Waals surface area (Å²) in [6.45, 7) is 0.693. The zero-order chi connectivity index (χ0) is 11.5. The van der Waals surface area contributed by atoms with Crippen molar-refractivity contribution in [1.29, 1.82) is 0 Å². The molecule has 0 saturated heterocycles. The van der Waals surface area contributed by atoms with Crippen LogP contribution in [0.25, 0.3) is 0 Å². The summed E-state index contributed by atoms with van der Waals surface area (Å²) in [5.41, 5.74) is 6.80. The Hall–Kier alpha value is -1.09. The summed E-state index contributed by atoms with van der Waals surface area (Å²) in [6, 6.07) is 5.26. The van der Waals surface area contributed by atoms with Crippen molar-refractivity contribution in [1.82, 2.24) is 0 Å². The Bertz CT molecular complexity index is 367. The van der Waals surface area contributed by atoms with Gasteiger partial charge in [0.15, 0.2) is 11.6 Å². The maximum Gasteiger partial charge on any atom is 0.165 e. The van der Waals surface area contributed by atoms with E-state index in [-0.39, 0.29) is 5.82 Å². The minimum Gasteiger partial charge on any atom is -0.494 e. The second-order valence-corrected chi connectivity index (χ2v) is 4.43. The van der Waals surface area contributed by atoms with Crippen LogP contribution in [0.2, 0.25) is 0 Å². The molecule has 2 rings (SSSR count). The van der Waals surface area contributed by atoms with Crippen LogP contribution >= 0.6 is 0 Å². The van der Waals surface area contributed by atoms with Gasteiger partial charge >= 0.3 is 0 Å². The highest BCUT2D eigenvalue weighted by Gasteiger charge is 2.27. The Morgan fingerprint density at radius 2 is 2.25 bits per heavy atom. The van der Waals surface area contributed by atoms with E-state index in [4.69, 9.17) is 10.5 Å². The largest absolute Gasteiger partial charge is 0.494 e. The van der Waals surface area contributed by atoms with E-state index in [0.717, 1.165) is 18.4 Å². The van der Waals surface area contributed by atoms with E-state index in [9.17, 15) is 4.39 Å². The highest BCUT2D eigenvalue weighted by molar-refractivity contribution is 5.32. The van der Waals surface area contributed by atoms with E-state index in [1.165, 1.54) is 13.5 Å². The average Bonchev–Trinajstić information content (AvgIpc) is 2.77. The molecule has 2 unspecified atom stereocenters. The maximum atomic E-state index is 13.6. The third kappa shape index (κ3) is 2.05. The molecule has 2 nitrogen and oxygen atoms in total.